The van der Waals surface area contributed by atoms with Crippen LogP contribution in [0.3, 0.4) is 0 Å². The molecular formula is C22H17BrFNO3S2. The molecule has 0 unspecified atom stereocenters. The summed E-state index contributed by atoms with van der Waals surface area (Å²) in [5.41, 5.74) is 0.608. The molecule has 0 amide bonds. The zero-order chi connectivity index (χ0) is 21.3. The fourth-order valence-corrected chi connectivity index (χ4v) is 6.96. The molecule has 3 aromatic carbocycles. The lowest BCUT2D eigenvalue weighted by molar-refractivity contribution is 0.386. The summed E-state index contributed by atoms with van der Waals surface area (Å²) < 4.78 is 49.1. The van der Waals surface area contributed by atoms with Crippen LogP contribution in [0.4, 0.5) is 9.39 Å². The van der Waals surface area contributed by atoms with Crippen LogP contribution in [0.5, 0.6) is 5.75 Å². The van der Waals surface area contributed by atoms with Crippen molar-refractivity contribution in [3.63, 3.8) is 0 Å². The third-order valence-corrected chi connectivity index (χ3v) is 8.75. The summed E-state index contributed by atoms with van der Waals surface area (Å²) in [4.78, 5) is 0.184. The average Bonchev–Trinajstić information content (AvgIpc) is 3.10. The van der Waals surface area contributed by atoms with Crippen LogP contribution in [0.15, 0.2) is 82.2 Å². The number of nitrogens with zero attached hydrogens (tertiary/aromatic N) is 1. The molecule has 0 radical (unpaired) electrons. The summed E-state index contributed by atoms with van der Waals surface area (Å²) in [6, 6.07) is 20.3. The minimum Gasteiger partial charge on any atom is -0.494 e. The summed E-state index contributed by atoms with van der Waals surface area (Å²) in [5, 5.41) is 1.49. The molecule has 1 aromatic heterocycles. The number of hydrogen-bond donors (Lipinski definition) is 0. The lowest BCUT2D eigenvalue weighted by Crippen LogP contribution is -2.30. The fraction of sp³-hybridized carbons (Fsp3) is 0.0909. The van der Waals surface area contributed by atoms with Crippen LogP contribution in [-0.4, -0.2) is 15.5 Å². The van der Waals surface area contributed by atoms with E-state index in [2.05, 4.69) is 15.9 Å². The molecule has 0 saturated carbocycles. The van der Waals surface area contributed by atoms with Crippen molar-refractivity contribution in [2.75, 3.05) is 11.4 Å². The highest BCUT2D eigenvalue weighted by Crippen LogP contribution is 2.44. The van der Waals surface area contributed by atoms with E-state index in [1.807, 2.05) is 24.3 Å². The predicted octanol–water partition coefficient (Wildman–Crippen LogP) is 6.21. The van der Waals surface area contributed by atoms with Gasteiger partial charge in [-0.15, -0.1) is 11.3 Å². The Balaban J connectivity index is 1.88. The van der Waals surface area contributed by atoms with Gasteiger partial charge in [0, 0.05) is 10.1 Å². The van der Waals surface area contributed by atoms with Gasteiger partial charge in [0.2, 0.25) is 0 Å². The fourth-order valence-electron chi connectivity index (χ4n) is 3.12. The largest absolute Gasteiger partial charge is 0.494 e. The summed E-state index contributed by atoms with van der Waals surface area (Å²) in [6.07, 6.45) is 0. The maximum atomic E-state index is 13.9. The van der Waals surface area contributed by atoms with Gasteiger partial charge in [-0.2, -0.15) is 0 Å². The molecule has 4 rings (SSSR count). The smallest absolute Gasteiger partial charge is 0.265 e. The Hall–Kier alpha value is -2.42. The second kappa shape index (κ2) is 8.37. The van der Waals surface area contributed by atoms with Gasteiger partial charge in [-0.05, 0) is 51.8 Å². The molecule has 4 aromatic rings. The molecule has 8 heteroatoms. The monoisotopic (exact) mass is 505 g/mol. The highest BCUT2D eigenvalue weighted by Gasteiger charge is 2.29. The lowest BCUT2D eigenvalue weighted by Gasteiger charge is -2.24. The molecule has 0 bridgehead atoms. The van der Waals surface area contributed by atoms with E-state index in [0.29, 0.717) is 15.0 Å². The van der Waals surface area contributed by atoms with Crippen molar-refractivity contribution >= 4 is 52.4 Å². The van der Waals surface area contributed by atoms with Gasteiger partial charge in [-0.25, -0.2) is 12.8 Å². The van der Waals surface area contributed by atoms with Crippen molar-refractivity contribution in [1.29, 1.82) is 0 Å². The van der Waals surface area contributed by atoms with Crippen LogP contribution >= 0.6 is 27.3 Å². The molecule has 0 aliphatic carbocycles. The van der Waals surface area contributed by atoms with Crippen LogP contribution in [-0.2, 0) is 16.6 Å². The predicted molar refractivity (Wildman–Crippen MR) is 122 cm³/mol. The number of rotatable bonds is 6. The van der Waals surface area contributed by atoms with E-state index in [1.165, 1.54) is 34.9 Å². The molecule has 0 spiro atoms. The Kier molecular flexibility index (Phi) is 5.81. The van der Waals surface area contributed by atoms with Crippen molar-refractivity contribution in [2.24, 2.45) is 0 Å². The normalized spacial score (nSPS) is 11.6. The zero-order valence-electron chi connectivity index (χ0n) is 15.9. The molecule has 0 fully saturated rings. The molecule has 4 nitrogen and oxygen atoms in total. The summed E-state index contributed by atoms with van der Waals surface area (Å²) in [6.45, 7) is 0.0271. The third kappa shape index (κ3) is 3.82. The van der Waals surface area contributed by atoms with Crippen LogP contribution in [0.1, 0.15) is 5.56 Å². The highest BCUT2D eigenvalue weighted by atomic mass is 79.9. The Morgan fingerprint density at radius 3 is 2.43 bits per heavy atom. The first kappa shape index (κ1) is 20.8. The van der Waals surface area contributed by atoms with E-state index in [4.69, 9.17) is 4.74 Å². The number of hydrogen-bond acceptors (Lipinski definition) is 4. The van der Waals surface area contributed by atoms with Gasteiger partial charge in [0.1, 0.15) is 5.00 Å². The highest BCUT2D eigenvalue weighted by molar-refractivity contribution is 9.10. The summed E-state index contributed by atoms with van der Waals surface area (Å²) in [5.74, 6) is -0.429. The Labute approximate surface area is 186 Å². The molecule has 30 heavy (non-hydrogen) atoms. The van der Waals surface area contributed by atoms with E-state index in [1.54, 1.807) is 36.4 Å². The molecule has 0 aliphatic rings. The molecule has 0 atom stereocenters. The van der Waals surface area contributed by atoms with Crippen LogP contribution in [0.25, 0.3) is 10.1 Å². The van der Waals surface area contributed by atoms with E-state index < -0.39 is 15.8 Å². The minimum absolute atomic E-state index is 0.0271. The Morgan fingerprint density at radius 2 is 1.73 bits per heavy atom. The number of ether oxygens (including phenoxy) is 1. The number of anilines is 1. The number of thiophene rings is 1. The quantitative estimate of drug-likeness (QED) is 0.313. The topological polar surface area (TPSA) is 46.6 Å². The van der Waals surface area contributed by atoms with Crippen molar-refractivity contribution < 1.29 is 17.5 Å². The number of sulfonamides is 1. The maximum absolute atomic E-state index is 13.9. The molecule has 154 valence electrons. The van der Waals surface area contributed by atoms with Crippen molar-refractivity contribution in [3.8, 4) is 5.75 Å². The first-order valence-electron chi connectivity index (χ1n) is 8.99. The van der Waals surface area contributed by atoms with E-state index in [0.717, 1.165) is 10.1 Å². The van der Waals surface area contributed by atoms with Crippen molar-refractivity contribution in [1.82, 2.24) is 0 Å². The van der Waals surface area contributed by atoms with Crippen LogP contribution in [0, 0.1) is 5.82 Å². The maximum Gasteiger partial charge on any atom is 0.265 e. The number of fused-ring (bicyclic) bond motifs is 1. The third-order valence-electron chi connectivity index (χ3n) is 4.62. The number of benzene rings is 3. The lowest BCUT2D eigenvalue weighted by atomic mass is 10.2. The van der Waals surface area contributed by atoms with Gasteiger partial charge in [0.05, 0.1) is 23.0 Å². The van der Waals surface area contributed by atoms with E-state index >= 15 is 0 Å². The SMILES string of the molecule is COc1cc(CN(c2sc3ccccc3c2Br)S(=O)(=O)c2ccccc2)ccc1F. The van der Waals surface area contributed by atoms with Gasteiger partial charge in [0.25, 0.3) is 10.0 Å². The first-order chi connectivity index (χ1) is 14.4. The number of methoxy groups -OCH3 is 1. The molecule has 0 saturated heterocycles. The van der Waals surface area contributed by atoms with Crippen LogP contribution < -0.4 is 9.04 Å². The molecule has 0 aliphatic heterocycles. The second-order valence-electron chi connectivity index (χ2n) is 6.51. The average molecular weight is 506 g/mol. The van der Waals surface area contributed by atoms with Crippen molar-refractivity contribution in [3.05, 3.63) is 88.6 Å². The van der Waals surface area contributed by atoms with Crippen LogP contribution in [0.2, 0.25) is 0 Å². The Morgan fingerprint density at radius 1 is 1.03 bits per heavy atom. The van der Waals surface area contributed by atoms with Crippen molar-refractivity contribution in [2.45, 2.75) is 11.4 Å². The minimum atomic E-state index is -3.87. The molecule has 1 heterocycles. The standard InChI is InChI=1S/C22H17BrFNO3S2/c1-28-19-13-15(11-12-18(19)24)14-25(30(26,27)16-7-3-2-4-8-16)22-21(23)17-9-5-6-10-20(17)29-22/h2-13H,14H2,1H3. The van der Waals surface area contributed by atoms with Gasteiger partial charge >= 0.3 is 0 Å². The molecule has 0 N–H and O–H groups in total. The van der Waals surface area contributed by atoms with Gasteiger partial charge < -0.3 is 4.74 Å². The van der Waals surface area contributed by atoms with Gasteiger partial charge in [-0.1, -0.05) is 42.5 Å². The second-order valence-corrected chi connectivity index (χ2v) is 10.2. The summed E-state index contributed by atoms with van der Waals surface area (Å²) >= 11 is 4.97. The number of halogens is 2. The van der Waals surface area contributed by atoms with Gasteiger partial charge in [0.15, 0.2) is 11.6 Å². The Bertz CT molecular complexity index is 1310. The van der Waals surface area contributed by atoms with E-state index in [9.17, 15) is 12.8 Å². The zero-order valence-corrected chi connectivity index (χ0v) is 19.1. The van der Waals surface area contributed by atoms with E-state index in [-0.39, 0.29) is 17.2 Å². The first-order valence-corrected chi connectivity index (χ1v) is 12.0. The molecular weight excluding hydrogens is 489 g/mol. The summed E-state index contributed by atoms with van der Waals surface area (Å²) in [7, 11) is -2.49. The van der Waals surface area contributed by atoms with Gasteiger partial charge in [-0.3, -0.25) is 4.31 Å².